The van der Waals surface area contributed by atoms with E-state index < -0.39 is 0 Å². The lowest BCUT2D eigenvalue weighted by atomic mass is 9.78. The van der Waals surface area contributed by atoms with Crippen LogP contribution < -0.4 is 5.32 Å². The van der Waals surface area contributed by atoms with E-state index in [0.717, 1.165) is 15.4 Å². The van der Waals surface area contributed by atoms with E-state index >= 15 is 0 Å². The van der Waals surface area contributed by atoms with Crippen molar-refractivity contribution in [1.29, 1.82) is 0 Å². The molecule has 1 N–H and O–H groups in total. The molecule has 1 rings (SSSR count). The van der Waals surface area contributed by atoms with Crippen molar-refractivity contribution >= 4 is 31.9 Å². The maximum Gasteiger partial charge on any atom is 0.0380 e. The molecule has 16 heavy (non-hydrogen) atoms. The van der Waals surface area contributed by atoms with E-state index in [1.807, 2.05) is 7.05 Å². The minimum absolute atomic E-state index is 0.234. The molecule has 0 aliphatic carbocycles. The van der Waals surface area contributed by atoms with Crippen molar-refractivity contribution in [2.45, 2.75) is 33.2 Å². The molecule has 1 nitrogen and oxygen atoms in total. The Morgan fingerprint density at radius 2 is 1.94 bits per heavy atom. The second-order valence-corrected chi connectivity index (χ2v) is 6.50. The summed E-state index contributed by atoms with van der Waals surface area (Å²) in [5.41, 5.74) is 1.54. The predicted molar refractivity (Wildman–Crippen MR) is 77.7 cm³/mol. The summed E-state index contributed by atoms with van der Waals surface area (Å²) in [7, 11) is 2.02. The average Bonchev–Trinajstić information content (AvgIpc) is 2.24. The van der Waals surface area contributed by atoms with Crippen molar-refractivity contribution in [3.8, 4) is 0 Å². The van der Waals surface area contributed by atoms with Crippen LogP contribution in [-0.4, -0.2) is 7.05 Å². The molecule has 0 saturated carbocycles. The summed E-state index contributed by atoms with van der Waals surface area (Å²) in [5, 5.41) is 3.43. The predicted octanol–water partition coefficient (Wildman–Crippen LogP) is 4.91. The van der Waals surface area contributed by atoms with E-state index in [9.17, 15) is 0 Å². The van der Waals surface area contributed by atoms with Gasteiger partial charge in [0.05, 0.1) is 0 Å². The van der Waals surface area contributed by atoms with Gasteiger partial charge in [0.1, 0.15) is 0 Å². The molecular formula is C13H19Br2N. The smallest absolute Gasteiger partial charge is 0.0380 e. The number of hydrogen-bond donors (Lipinski definition) is 1. The highest BCUT2D eigenvalue weighted by Crippen LogP contribution is 2.39. The van der Waals surface area contributed by atoms with E-state index in [0.29, 0.717) is 6.04 Å². The number of benzene rings is 1. The molecule has 0 aliphatic heterocycles. The van der Waals surface area contributed by atoms with Crippen molar-refractivity contribution in [1.82, 2.24) is 5.32 Å². The molecule has 0 heterocycles. The van der Waals surface area contributed by atoms with Crippen LogP contribution in [0.3, 0.4) is 0 Å². The molecule has 1 aromatic carbocycles. The lowest BCUT2D eigenvalue weighted by Gasteiger charge is -2.34. The SMILES string of the molecule is CCC(C)(C)C(NC)c1cc(Br)ccc1Br. The van der Waals surface area contributed by atoms with Gasteiger partial charge in [-0.05, 0) is 42.6 Å². The lowest BCUT2D eigenvalue weighted by molar-refractivity contribution is 0.244. The van der Waals surface area contributed by atoms with Gasteiger partial charge in [0.15, 0.2) is 0 Å². The van der Waals surface area contributed by atoms with E-state index in [2.05, 4.69) is 76.1 Å². The summed E-state index contributed by atoms with van der Waals surface area (Å²) in [6, 6.07) is 6.68. The first-order chi connectivity index (χ1) is 7.42. The minimum Gasteiger partial charge on any atom is -0.313 e. The standard InChI is InChI=1S/C13H19Br2N/c1-5-13(2,3)12(16-4)10-8-9(14)6-7-11(10)15/h6-8,12,16H,5H2,1-4H3. The van der Waals surface area contributed by atoms with Crippen LogP contribution in [0.1, 0.15) is 38.8 Å². The Morgan fingerprint density at radius 3 is 2.44 bits per heavy atom. The number of rotatable bonds is 4. The Balaban J connectivity index is 3.18. The van der Waals surface area contributed by atoms with Crippen LogP contribution in [0, 0.1) is 5.41 Å². The minimum atomic E-state index is 0.234. The molecule has 0 radical (unpaired) electrons. The van der Waals surface area contributed by atoms with Gasteiger partial charge >= 0.3 is 0 Å². The Kier molecular flexibility index (Phi) is 5.02. The van der Waals surface area contributed by atoms with Gasteiger partial charge in [-0.15, -0.1) is 0 Å². The molecule has 1 atom stereocenters. The second kappa shape index (κ2) is 5.65. The Labute approximate surface area is 115 Å². The molecule has 1 unspecified atom stereocenters. The van der Waals surface area contributed by atoms with Crippen molar-refractivity contribution in [2.24, 2.45) is 5.41 Å². The zero-order valence-corrected chi connectivity index (χ0v) is 13.4. The van der Waals surface area contributed by atoms with Gasteiger partial charge < -0.3 is 5.32 Å². The highest BCUT2D eigenvalue weighted by molar-refractivity contribution is 9.11. The summed E-state index contributed by atoms with van der Waals surface area (Å²) in [6.07, 6.45) is 1.14. The Hall–Kier alpha value is 0.140. The van der Waals surface area contributed by atoms with E-state index in [1.165, 1.54) is 5.56 Å². The molecule has 0 aromatic heterocycles. The van der Waals surface area contributed by atoms with Gasteiger partial charge in [0.25, 0.3) is 0 Å². The maximum absolute atomic E-state index is 3.63. The molecule has 0 spiro atoms. The fraction of sp³-hybridized carbons (Fsp3) is 0.538. The monoisotopic (exact) mass is 347 g/mol. The van der Waals surface area contributed by atoms with Crippen LogP contribution in [0.5, 0.6) is 0 Å². The molecule has 90 valence electrons. The topological polar surface area (TPSA) is 12.0 Å². The molecule has 0 aliphatic rings. The quantitative estimate of drug-likeness (QED) is 0.815. The zero-order valence-electron chi connectivity index (χ0n) is 10.3. The fourth-order valence-electron chi connectivity index (χ4n) is 1.91. The third-order valence-electron chi connectivity index (χ3n) is 3.25. The fourth-order valence-corrected chi connectivity index (χ4v) is 2.76. The van der Waals surface area contributed by atoms with Gasteiger partial charge in [-0.3, -0.25) is 0 Å². The number of hydrogen-bond acceptors (Lipinski definition) is 1. The van der Waals surface area contributed by atoms with Crippen molar-refractivity contribution in [3.05, 3.63) is 32.7 Å². The van der Waals surface area contributed by atoms with Crippen LogP contribution >= 0.6 is 31.9 Å². The highest BCUT2D eigenvalue weighted by Gasteiger charge is 2.29. The van der Waals surface area contributed by atoms with Gasteiger partial charge in [-0.1, -0.05) is 52.6 Å². The zero-order chi connectivity index (χ0) is 12.3. The molecule has 0 fully saturated rings. The lowest BCUT2D eigenvalue weighted by Crippen LogP contribution is -2.31. The molecule has 1 aromatic rings. The maximum atomic E-state index is 3.63. The average molecular weight is 349 g/mol. The summed E-state index contributed by atoms with van der Waals surface area (Å²) in [4.78, 5) is 0. The Morgan fingerprint density at radius 1 is 1.31 bits per heavy atom. The second-order valence-electron chi connectivity index (χ2n) is 4.73. The van der Waals surface area contributed by atoms with Crippen LogP contribution in [0.15, 0.2) is 27.1 Å². The summed E-state index contributed by atoms with van der Waals surface area (Å²) < 4.78 is 2.29. The summed E-state index contributed by atoms with van der Waals surface area (Å²) in [6.45, 7) is 6.82. The van der Waals surface area contributed by atoms with Gasteiger partial charge in [-0.25, -0.2) is 0 Å². The highest BCUT2D eigenvalue weighted by atomic mass is 79.9. The van der Waals surface area contributed by atoms with Gasteiger partial charge in [-0.2, -0.15) is 0 Å². The molecule has 0 saturated heterocycles. The number of halogens is 2. The first kappa shape index (κ1) is 14.2. The summed E-state index contributed by atoms with van der Waals surface area (Å²) >= 11 is 7.17. The third kappa shape index (κ3) is 3.08. The molecule has 0 bridgehead atoms. The summed E-state index contributed by atoms with van der Waals surface area (Å²) in [5.74, 6) is 0. The van der Waals surface area contributed by atoms with Crippen molar-refractivity contribution in [2.75, 3.05) is 7.05 Å². The first-order valence-corrected chi connectivity index (χ1v) is 7.13. The third-order valence-corrected chi connectivity index (χ3v) is 4.47. The van der Waals surface area contributed by atoms with Crippen molar-refractivity contribution < 1.29 is 0 Å². The molecule has 0 amide bonds. The van der Waals surface area contributed by atoms with E-state index in [1.54, 1.807) is 0 Å². The van der Waals surface area contributed by atoms with Crippen LogP contribution in [0.4, 0.5) is 0 Å². The van der Waals surface area contributed by atoms with Gasteiger partial charge in [0, 0.05) is 15.0 Å². The van der Waals surface area contributed by atoms with Crippen molar-refractivity contribution in [3.63, 3.8) is 0 Å². The van der Waals surface area contributed by atoms with Gasteiger partial charge in [0.2, 0.25) is 0 Å². The van der Waals surface area contributed by atoms with Crippen LogP contribution in [0.2, 0.25) is 0 Å². The Bertz CT molecular complexity index is 361. The van der Waals surface area contributed by atoms with E-state index in [-0.39, 0.29) is 5.41 Å². The first-order valence-electron chi connectivity index (χ1n) is 5.54. The molecule has 3 heteroatoms. The van der Waals surface area contributed by atoms with E-state index in [4.69, 9.17) is 0 Å². The van der Waals surface area contributed by atoms with Crippen LogP contribution in [0.25, 0.3) is 0 Å². The van der Waals surface area contributed by atoms with Crippen LogP contribution in [-0.2, 0) is 0 Å². The largest absolute Gasteiger partial charge is 0.313 e. The normalized spacial score (nSPS) is 13.9. The number of nitrogens with one attached hydrogen (secondary N) is 1. The molecular weight excluding hydrogens is 330 g/mol.